The van der Waals surface area contributed by atoms with E-state index in [-0.39, 0.29) is 11.4 Å². The Morgan fingerprint density at radius 3 is 2.35 bits per heavy atom. The molecule has 128 valence electrons. The van der Waals surface area contributed by atoms with E-state index in [1.54, 1.807) is 0 Å². The van der Waals surface area contributed by atoms with Crippen molar-refractivity contribution in [3.05, 3.63) is 29.8 Å². The van der Waals surface area contributed by atoms with Crippen molar-refractivity contribution in [2.24, 2.45) is 0 Å². The first-order valence-electron chi connectivity index (χ1n) is 8.83. The van der Waals surface area contributed by atoms with E-state index < -0.39 is 0 Å². The lowest BCUT2D eigenvalue weighted by molar-refractivity contribution is 0.251. The van der Waals surface area contributed by atoms with Crippen LogP contribution in [0.2, 0.25) is 0 Å². The second-order valence-electron chi connectivity index (χ2n) is 7.46. The van der Waals surface area contributed by atoms with Crippen LogP contribution in [0.25, 0.3) is 0 Å². The molecule has 0 unspecified atom stereocenters. The van der Waals surface area contributed by atoms with E-state index in [0.29, 0.717) is 0 Å². The first kappa shape index (κ1) is 17.8. The van der Waals surface area contributed by atoms with Crippen LogP contribution in [0.1, 0.15) is 52.0 Å². The van der Waals surface area contributed by atoms with Crippen LogP contribution < -0.4 is 10.6 Å². The third kappa shape index (κ3) is 6.22. The van der Waals surface area contributed by atoms with Gasteiger partial charge in [-0.3, -0.25) is 0 Å². The van der Waals surface area contributed by atoms with Gasteiger partial charge in [-0.1, -0.05) is 32.9 Å². The summed E-state index contributed by atoms with van der Waals surface area (Å²) >= 11 is 0. The molecule has 1 fully saturated rings. The minimum absolute atomic E-state index is 0.116. The Hall–Kier alpha value is -1.55. The highest BCUT2D eigenvalue weighted by atomic mass is 16.2. The Morgan fingerprint density at radius 1 is 1.09 bits per heavy atom. The molecule has 2 rings (SSSR count). The molecule has 1 saturated heterocycles. The van der Waals surface area contributed by atoms with Crippen LogP contribution in [0, 0.1) is 0 Å². The number of carbonyl (C=O) groups excluding carboxylic acids is 1. The van der Waals surface area contributed by atoms with E-state index in [4.69, 9.17) is 0 Å². The molecule has 1 aliphatic rings. The largest absolute Gasteiger partial charge is 0.338 e. The fourth-order valence-corrected chi connectivity index (χ4v) is 2.90. The number of nitrogens with one attached hydrogen (secondary N) is 2. The first-order chi connectivity index (χ1) is 10.9. The summed E-state index contributed by atoms with van der Waals surface area (Å²) in [5, 5.41) is 5.82. The number of anilines is 1. The lowest BCUT2D eigenvalue weighted by Gasteiger charge is -2.19. The number of rotatable bonds is 6. The van der Waals surface area contributed by atoms with Crippen molar-refractivity contribution < 1.29 is 4.79 Å². The first-order valence-corrected chi connectivity index (χ1v) is 8.83. The third-order valence-electron chi connectivity index (χ3n) is 4.39. The predicted molar refractivity (Wildman–Crippen MR) is 97.1 cm³/mol. The number of urea groups is 1. The van der Waals surface area contributed by atoms with Crippen molar-refractivity contribution in [1.29, 1.82) is 0 Å². The summed E-state index contributed by atoms with van der Waals surface area (Å²) in [7, 11) is 0. The van der Waals surface area contributed by atoms with E-state index in [0.717, 1.165) is 31.6 Å². The van der Waals surface area contributed by atoms with Crippen molar-refractivity contribution in [2.75, 3.05) is 31.5 Å². The number of amides is 2. The number of hydrogen-bond donors (Lipinski definition) is 2. The van der Waals surface area contributed by atoms with Gasteiger partial charge in [0.25, 0.3) is 0 Å². The van der Waals surface area contributed by atoms with Crippen molar-refractivity contribution >= 4 is 11.7 Å². The molecular weight excluding hydrogens is 286 g/mol. The van der Waals surface area contributed by atoms with Gasteiger partial charge < -0.3 is 15.5 Å². The Labute approximate surface area is 140 Å². The van der Waals surface area contributed by atoms with Crippen LogP contribution in [-0.2, 0) is 5.41 Å². The van der Waals surface area contributed by atoms with Gasteiger partial charge in [0, 0.05) is 12.2 Å². The van der Waals surface area contributed by atoms with E-state index in [1.165, 1.54) is 31.5 Å². The lowest BCUT2D eigenvalue weighted by Crippen LogP contribution is -2.30. The zero-order chi connectivity index (χ0) is 16.7. The Bertz CT molecular complexity index is 484. The standard InChI is InChI=1S/C19H31N3O/c1-19(2,3)16-8-10-17(11-9-16)21-18(23)20-12-4-5-13-22-14-6-7-15-22/h8-11H,4-7,12-15H2,1-3H3,(H2,20,21,23). The summed E-state index contributed by atoms with van der Waals surface area (Å²) in [6, 6.07) is 7.97. The molecule has 4 heteroatoms. The molecule has 23 heavy (non-hydrogen) atoms. The van der Waals surface area contributed by atoms with Gasteiger partial charge in [0.15, 0.2) is 0 Å². The zero-order valence-corrected chi connectivity index (χ0v) is 14.8. The average Bonchev–Trinajstić information content (AvgIpc) is 3.00. The van der Waals surface area contributed by atoms with Gasteiger partial charge in [-0.05, 0) is 68.4 Å². The summed E-state index contributed by atoms with van der Waals surface area (Å²) in [4.78, 5) is 14.4. The van der Waals surface area contributed by atoms with Crippen LogP contribution >= 0.6 is 0 Å². The van der Waals surface area contributed by atoms with Crippen LogP contribution in [0.15, 0.2) is 24.3 Å². The van der Waals surface area contributed by atoms with Gasteiger partial charge in [0.1, 0.15) is 0 Å². The predicted octanol–water partition coefficient (Wildman–Crippen LogP) is 3.98. The molecule has 2 amide bonds. The Kier molecular flexibility index (Phi) is 6.46. The molecule has 0 radical (unpaired) electrons. The average molecular weight is 317 g/mol. The summed E-state index contributed by atoms with van der Waals surface area (Å²) in [6.07, 6.45) is 4.87. The fourth-order valence-electron chi connectivity index (χ4n) is 2.90. The normalized spacial score (nSPS) is 15.6. The summed E-state index contributed by atoms with van der Waals surface area (Å²) in [5.41, 5.74) is 2.24. The van der Waals surface area contributed by atoms with E-state index >= 15 is 0 Å². The quantitative estimate of drug-likeness (QED) is 0.779. The SMILES string of the molecule is CC(C)(C)c1ccc(NC(=O)NCCCCN2CCCC2)cc1. The van der Waals surface area contributed by atoms with Crippen molar-refractivity contribution in [1.82, 2.24) is 10.2 Å². The molecule has 0 aromatic heterocycles. The molecule has 1 aliphatic heterocycles. The third-order valence-corrected chi connectivity index (χ3v) is 4.39. The maximum absolute atomic E-state index is 11.9. The molecule has 1 aromatic carbocycles. The molecule has 0 spiro atoms. The van der Waals surface area contributed by atoms with E-state index in [2.05, 4.69) is 48.4 Å². The maximum Gasteiger partial charge on any atom is 0.319 e. The molecule has 1 aromatic rings. The topological polar surface area (TPSA) is 44.4 Å². The highest BCUT2D eigenvalue weighted by Crippen LogP contribution is 2.23. The number of benzene rings is 1. The van der Waals surface area contributed by atoms with Crippen LogP contribution in [0.3, 0.4) is 0 Å². The lowest BCUT2D eigenvalue weighted by atomic mass is 9.87. The van der Waals surface area contributed by atoms with Crippen LogP contribution in [0.5, 0.6) is 0 Å². The molecule has 0 aliphatic carbocycles. The molecule has 1 heterocycles. The zero-order valence-electron chi connectivity index (χ0n) is 14.8. The van der Waals surface area contributed by atoms with Gasteiger partial charge >= 0.3 is 6.03 Å². The van der Waals surface area contributed by atoms with Gasteiger partial charge in [0.05, 0.1) is 0 Å². The number of unbranched alkanes of at least 4 members (excludes halogenated alkanes) is 1. The minimum atomic E-state index is -0.116. The van der Waals surface area contributed by atoms with E-state index in [9.17, 15) is 4.79 Å². The Morgan fingerprint density at radius 2 is 1.74 bits per heavy atom. The maximum atomic E-state index is 11.9. The van der Waals surface area contributed by atoms with Gasteiger partial charge in [-0.15, -0.1) is 0 Å². The number of carbonyl (C=O) groups is 1. The number of likely N-dealkylation sites (tertiary alicyclic amines) is 1. The summed E-state index contributed by atoms with van der Waals surface area (Å²) in [5.74, 6) is 0. The minimum Gasteiger partial charge on any atom is -0.338 e. The van der Waals surface area contributed by atoms with Crippen LogP contribution in [0.4, 0.5) is 10.5 Å². The summed E-state index contributed by atoms with van der Waals surface area (Å²) in [6.45, 7) is 11.0. The van der Waals surface area contributed by atoms with Gasteiger partial charge in [-0.2, -0.15) is 0 Å². The molecule has 0 saturated carbocycles. The Balaban J connectivity index is 1.62. The molecular formula is C19H31N3O. The molecule has 0 bridgehead atoms. The van der Waals surface area contributed by atoms with Crippen molar-refractivity contribution in [3.8, 4) is 0 Å². The molecule has 2 N–H and O–H groups in total. The van der Waals surface area contributed by atoms with Crippen molar-refractivity contribution in [2.45, 2.75) is 51.9 Å². The number of hydrogen-bond acceptors (Lipinski definition) is 2. The number of nitrogens with zero attached hydrogens (tertiary/aromatic N) is 1. The van der Waals surface area contributed by atoms with Crippen LogP contribution in [-0.4, -0.2) is 37.1 Å². The monoisotopic (exact) mass is 317 g/mol. The van der Waals surface area contributed by atoms with Gasteiger partial charge in [0.2, 0.25) is 0 Å². The molecule has 4 nitrogen and oxygen atoms in total. The highest BCUT2D eigenvalue weighted by molar-refractivity contribution is 5.89. The smallest absolute Gasteiger partial charge is 0.319 e. The second kappa shape index (κ2) is 8.34. The van der Waals surface area contributed by atoms with Crippen molar-refractivity contribution in [3.63, 3.8) is 0 Å². The fraction of sp³-hybridized carbons (Fsp3) is 0.632. The van der Waals surface area contributed by atoms with Gasteiger partial charge in [-0.25, -0.2) is 4.79 Å². The second-order valence-corrected chi connectivity index (χ2v) is 7.46. The molecule has 0 atom stereocenters. The highest BCUT2D eigenvalue weighted by Gasteiger charge is 2.13. The summed E-state index contributed by atoms with van der Waals surface area (Å²) < 4.78 is 0. The van der Waals surface area contributed by atoms with E-state index in [1.807, 2.05) is 12.1 Å².